The Labute approximate surface area is 106 Å². The topological polar surface area (TPSA) is 75.4 Å². The van der Waals surface area contributed by atoms with Crippen molar-refractivity contribution < 1.29 is 9.59 Å². The standard InChI is InChI=1S/C13H17N3O2/c14-6-5-12(17)15-7-8-16-11-4-2-1-3-10(11)9-13(16)18/h1-4H,5-9,14H2,(H,15,17). The fourth-order valence-electron chi connectivity index (χ4n) is 2.09. The fourth-order valence-corrected chi connectivity index (χ4v) is 2.09. The lowest BCUT2D eigenvalue weighted by Crippen LogP contribution is -2.37. The third-order valence-electron chi connectivity index (χ3n) is 2.95. The summed E-state index contributed by atoms with van der Waals surface area (Å²) in [4.78, 5) is 24.8. The summed E-state index contributed by atoms with van der Waals surface area (Å²) in [6.07, 6.45) is 0.775. The normalized spacial score (nSPS) is 13.6. The summed E-state index contributed by atoms with van der Waals surface area (Å²) in [6, 6.07) is 7.73. The summed E-state index contributed by atoms with van der Waals surface area (Å²) in [7, 11) is 0. The second kappa shape index (κ2) is 5.64. The number of fused-ring (bicyclic) bond motifs is 1. The third kappa shape index (κ3) is 2.68. The van der Waals surface area contributed by atoms with Gasteiger partial charge in [0.05, 0.1) is 6.42 Å². The maximum absolute atomic E-state index is 11.8. The Morgan fingerprint density at radius 1 is 1.39 bits per heavy atom. The summed E-state index contributed by atoms with van der Waals surface area (Å²) >= 11 is 0. The summed E-state index contributed by atoms with van der Waals surface area (Å²) < 4.78 is 0. The van der Waals surface area contributed by atoms with E-state index in [1.165, 1.54) is 0 Å². The first-order valence-electron chi connectivity index (χ1n) is 6.07. The number of nitrogens with two attached hydrogens (primary N) is 1. The number of hydrogen-bond acceptors (Lipinski definition) is 3. The van der Waals surface area contributed by atoms with E-state index in [-0.39, 0.29) is 11.8 Å². The van der Waals surface area contributed by atoms with Crippen LogP contribution in [0.2, 0.25) is 0 Å². The molecule has 0 saturated carbocycles. The first-order valence-corrected chi connectivity index (χ1v) is 6.07. The van der Waals surface area contributed by atoms with Gasteiger partial charge in [-0.1, -0.05) is 18.2 Å². The van der Waals surface area contributed by atoms with Crippen LogP contribution in [0.3, 0.4) is 0 Å². The molecular weight excluding hydrogens is 230 g/mol. The highest BCUT2D eigenvalue weighted by Gasteiger charge is 2.25. The monoisotopic (exact) mass is 247 g/mol. The molecule has 1 aliphatic heterocycles. The summed E-state index contributed by atoms with van der Waals surface area (Å²) in [6.45, 7) is 1.31. The predicted octanol–water partition coefficient (Wildman–Crippen LogP) is 0.0407. The minimum atomic E-state index is -0.0718. The van der Waals surface area contributed by atoms with Gasteiger partial charge in [-0.15, -0.1) is 0 Å². The molecule has 5 nitrogen and oxygen atoms in total. The average molecular weight is 247 g/mol. The Morgan fingerprint density at radius 3 is 2.94 bits per heavy atom. The average Bonchev–Trinajstić information content (AvgIpc) is 2.66. The van der Waals surface area contributed by atoms with E-state index in [0.717, 1.165) is 11.3 Å². The number of carbonyl (C=O) groups excluding carboxylic acids is 2. The van der Waals surface area contributed by atoms with E-state index < -0.39 is 0 Å². The van der Waals surface area contributed by atoms with Crippen LogP contribution in [0.25, 0.3) is 0 Å². The van der Waals surface area contributed by atoms with Crippen LogP contribution in [-0.4, -0.2) is 31.4 Å². The van der Waals surface area contributed by atoms with Crippen LogP contribution in [0.5, 0.6) is 0 Å². The van der Waals surface area contributed by atoms with Gasteiger partial charge in [-0.25, -0.2) is 0 Å². The van der Waals surface area contributed by atoms with Crippen molar-refractivity contribution in [2.45, 2.75) is 12.8 Å². The largest absolute Gasteiger partial charge is 0.354 e. The highest BCUT2D eigenvalue weighted by molar-refractivity contribution is 6.01. The van der Waals surface area contributed by atoms with Crippen molar-refractivity contribution in [1.82, 2.24) is 5.32 Å². The lowest BCUT2D eigenvalue weighted by atomic mass is 10.2. The van der Waals surface area contributed by atoms with Gasteiger partial charge in [0.2, 0.25) is 11.8 Å². The van der Waals surface area contributed by atoms with Gasteiger partial charge in [0.15, 0.2) is 0 Å². The van der Waals surface area contributed by atoms with Crippen molar-refractivity contribution in [3.8, 4) is 0 Å². The quantitative estimate of drug-likeness (QED) is 0.771. The van der Waals surface area contributed by atoms with E-state index in [4.69, 9.17) is 5.73 Å². The summed E-state index contributed by atoms with van der Waals surface area (Å²) in [5, 5.41) is 2.75. The number of rotatable bonds is 5. The van der Waals surface area contributed by atoms with Gasteiger partial charge in [0.25, 0.3) is 0 Å². The van der Waals surface area contributed by atoms with Crippen molar-refractivity contribution >= 4 is 17.5 Å². The molecule has 1 heterocycles. The molecule has 0 spiro atoms. The number of hydrogen-bond donors (Lipinski definition) is 2. The predicted molar refractivity (Wildman–Crippen MR) is 69.2 cm³/mol. The van der Waals surface area contributed by atoms with E-state index in [1.54, 1.807) is 4.90 Å². The maximum atomic E-state index is 11.8. The van der Waals surface area contributed by atoms with Crippen molar-refractivity contribution in [3.05, 3.63) is 29.8 Å². The van der Waals surface area contributed by atoms with Crippen LogP contribution in [0.15, 0.2) is 24.3 Å². The lowest BCUT2D eigenvalue weighted by Gasteiger charge is -2.17. The number of nitrogens with zero attached hydrogens (tertiary/aromatic N) is 1. The Bertz CT molecular complexity index is 459. The molecule has 1 aliphatic rings. The van der Waals surface area contributed by atoms with Crippen LogP contribution in [0.1, 0.15) is 12.0 Å². The van der Waals surface area contributed by atoms with Gasteiger partial charge < -0.3 is 16.0 Å². The zero-order chi connectivity index (χ0) is 13.0. The molecule has 0 bridgehead atoms. The number of nitrogens with one attached hydrogen (secondary N) is 1. The van der Waals surface area contributed by atoms with Crippen molar-refractivity contribution in [3.63, 3.8) is 0 Å². The molecule has 2 rings (SSSR count). The van der Waals surface area contributed by atoms with Gasteiger partial charge >= 0.3 is 0 Å². The minimum Gasteiger partial charge on any atom is -0.354 e. The summed E-state index contributed by atoms with van der Waals surface area (Å²) in [5.74, 6) is 0.0155. The SMILES string of the molecule is NCCC(=O)NCCN1C(=O)Cc2ccccc21. The first-order chi connectivity index (χ1) is 8.72. The van der Waals surface area contributed by atoms with Crippen LogP contribution >= 0.6 is 0 Å². The number of anilines is 1. The van der Waals surface area contributed by atoms with Gasteiger partial charge in [-0.2, -0.15) is 0 Å². The minimum absolute atomic E-state index is 0.0718. The number of benzene rings is 1. The molecule has 1 aromatic rings. The van der Waals surface area contributed by atoms with E-state index in [1.807, 2.05) is 24.3 Å². The van der Waals surface area contributed by atoms with Crippen LogP contribution in [-0.2, 0) is 16.0 Å². The van der Waals surface area contributed by atoms with E-state index in [0.29, 0.717) is 32.5 Å². The third-order valence-corrected chi connectivity index (χ3v) is 2.95. The van der Waals surface area contributed by atoms with Crippen molar-refractivity contribution in [2.75, 3.05) is 24.5 Å². The fraction of sp³-hybridized carbons (Fsp3) is 0.385. The number of carbonyl (C=O) groups is 2. The second-order valence-corrected chi connectivity index (χ2v) is 4.24. The highest BCUT2D eigenvalue weighted by atomic mass is 16.2. The van der Waals surface area contributed by atoms with Gasteiger partial charge in [0.1, 0.15) is 0 Å². The molecule has 0 radical (unpaired) electrons. The second-order valence-electron chi connectivity index (χ2n) is 4.24. The smallest absolute Gasteiger partial charge is 0.231 e. The van der Waals surface area contributed by atoms with Gasteiger partial charge in [-0.3, -0.25) is 9.59 Å². The summed E-state index contributed by atoms with van der Waals surface area (Å²) in [5.41, 5.74) is 7.29. The molecule has 2 amide bonds. The van der Waals surface area contributed by atoms with Crippen molar-refractivity contribution in [1.29, 1.82) is 0 Å². The zero-order valence-electron chi connectivity index (χ0n) is 10.2. The molecule has 0 fully saturated rings. The molecule has 5 heteroatoms. The highest BCUT2D eigenvalue weighted by Crippen LogP contribution is 2.27. The first kappa shape index (κ1) is 12.6. The van der Waals surface area contributed by atoms with Crippen LogP contribution in [0.4, 0.5) is 5.69 Å². The van der Waals surface area contributed by atoms with Crippen LogP contribution < -0.4 is 16.0 Å². The Morgan fingerprint density at radius 2 is 2.17 bits per heavy atom. The molecule has 1 aromatic carbocycles. The molecule has 3 N–H and O–H groups in total. The van der Waals surface area contributed by atoms with E-state index >= 15 is 0 Å². The van der Waals surface area contributed by atoms with E-state index in [9.17, 15) is 9.59 Å². The molecule has 18 heavy (non-hydrogen) atoms. The van der Waals surface area contributed by atoms with Crippen molar-refractivity contribution in [2.24, 2.45) is 5.73 Å². The molecule has 0 aromatic heterocycles. The molecule has 0 atom stereocenters. The lowest BCUT2D eigenvalue weighted by molar-refractivity contribution is -0.121. The molecular formula is C13H17N3O2. The van der Waals surface area contributed by atoms with Gasteiger partial charge in [-0.05, 0) is 11.6 Å². The van der Waals surface area contributed by atoms with Gasteiger partial charge in [0, 0.05) is 31.7 Å². The zero-order valence-corrected chi connectivity index (χ0v) is 10.2. The van der Waals surface area contributed by atoms with Crippen LogP contribution in [0, 0.1) is 0 Å². The van der Waals surface area contributed by atoms with E-state index in [2.05, 4.69) is 5.32 Å². The molecule has 96 valence electrons. The molecule has 0 unspecified atom stereocenters. The number of para-hydroxylation sites is 1. The Hall–Kier alpha value is -1.88. The number of amides is 2. The molecule has 0 aliphatic carbocycles. The Kier molecular flexibility index (Phi) is 3.94. The maximum Gasteiger partial charge on any atom is 0.231 e. The Balaban J connectivity index is 1.90. The molecule has 0 saturated heterocycles.